The second-order valence-corrected chi connectivity index (χ2v) is 20.2. The van der Waals surface area contributed by atoms with Crippen LogP contribution in [-0.4, -0.2) is 37.2 Å². The molecule has 0 radical (unpaired) electrons. The smallest absolute Gasteiger partial charge is 0.306 e. The number of esters is 3. The molecule has 0 heterocycles. The maximum Gasteiger partial charge on any atom is 0.306 e. The predicted octanol–water partition coefficient (Wildman–Crippen LogP) is 20.7. The Morgan fingerprint density at radius 3 is 0.931 bits per heavy atom. The zero-order chi connectivity index (χ0) is 52.2. The second-order valence-electron chi connectivity index (χ2n) is 20.2. The van der Waals surface area contributed by atoms with Gasteiger partial charge >= 0.3 is 17.9 Å². The number of allylic oxidation sites excluding steroid dienone is 14. The van der Waals surface area contributed by atoms with Crippen LogP contribution in [0, 0.1) is 0 Å². The minimum absolute atomic E-state index is 0.0919. The lowest BCUT2D eigenvalue weighted by Gasteiger charge is -2.18. The third kappa shape index (κ3) is 57.5. The number of ether oxygens (including phenoxy) is 3. The summed E-state index contributed by atoms with van der Waals surface area (Å²) in [4.78, 5) is 38.1. The lowest BCUT2D eigenvalue weighted by Crippen LogP contribution is -2.30. The summed E-state index contributed by atoms with van der Waals surface area (Å²) in [5.74, 6) is -0.929. The molecule has 0 aliphatic rings. The van der Waals surface area contributed by atoms with Crippen LogP contribution in [0.15, 0.2) is 85.1 Å². The van der Waals surface area contributed by atoms with Crippen molar-refractivity contribution in [3.05, 3.63) is 85.1 Å². The Morgan fingerprint density at radius 1 is 0.292 bits per heavy atom. The predicted molar refractivity (Wildman–Crippen MR) is 311 cm³/mol. The lowest BCUT2D eigenvalue weighted by atomic mass is 10.0. The minimum atomic E-state index is -0.797. The average Bonchev–Trinajstić information content (AvgIpc) is 3.38. The van der Waals surface area contributed by atoms with Crippen molar-refractivity contribution >= 4 is 17.9 Å². The van der Waals surface area contributed by atoms with Crippen molar-refractivity contribution in [1.29, 1.82) is 0 Å². The highest BCUT2D eigenvalue weighted by atomic mass is 16.6. The summed E-state index contributed by atoms with van der Waals surface area (Å²) in [5.41, 5.74) is 0. The summed E-state index contributed by atoms with van der Waals surface area (Å²) >= 11 is 0. The molecular weight excluding hydrogens is 889 g/mol. The highest BCUT2D eigenvalue weighted by Crippen LogP contribution is 2.16. The fraction of sp³-hybridized carbons (Fsp3) is 0.742. The summed E-state index contributed by atoms with van der Waals surface area (Å²) in [6, 6.07) is 0. The topological polar surface area (TPSA) is 78.9 Å². The molecule has 0 aliphatic carbocycles. The average molecular weight is 1000 g/mol. The van der Waals surface area contributed by atoms with E-state index in [2.05, 4.69) is 106 Å². The monoisotopic (exact) mass is 1000 g/mol. The molecule has 0 bridgehead atoms. The summed E-state index contributed by atoms with van der Waals surface area (Å²) in [5, 5.41) is 0. The molecule has 0 spiro atoms. The fourth-order valence-electron chi connectivity index (χ4n) is 8.53. The first-order chi connectivity index (χ1) is 35.5. The van der Waals surface area contributed by atoms with Crippen molar-refractivity contribution in [2.75, 3.05) is 13.2 Å². The van der Waals surface area contributed by atoms with Gasteiger partial charge in [0, 0.05) is 19.3 Å². The van der Waals surface area contributed by atoms with Crippen LogP contribution in [0.3, 0.4) is 0 Å². The molecule has 0 aromatic carbocycles. The molecule has 72 heavy (non-hydrogen) atoms. The van der Waals surface area contributed by atoms with Gasteiger partial charge in [-0.1, -0.05) is 254 Å². The first-order valence-corrected chi connectivity index (χ1v) is 30.6. The van der Waals surface area contributed by atoms with Crippen LogP contribution >= 0.6 is 0 Å². The second kappa shape index (κ2) is 60.1. The number of rotatable bonds is 55. The molecule has 1 unspecified atom stereocenters. The summed E-state index contributed by atoms with van der Waals surface area (Å²) in [6.07, 6.45) is 78.8. The van der Waals surface area contributed by atoms with Crippen molar-refractivity contribution in [1.82, 2.24) is 0 Å². The number of unbranched alkanes of at least 4 members (excludes halogenated alkanes) is 30. The van der Waals surface area contributed by atoms with Crippen molar-refractivity contribution in [2.45, 2.75) is 303 Å². The van der Waals surface area contributed by atoms with Crippen LogP contribution in [0.25, 0.3) is 0 Å². The quantitative estimate of drug-likeness (QED) is 0.0261. The zero-order valence-electron chi connectivity index (χ0n) is 47.4. The first-order valence-electron chi connectivity index (χ1n) is 30.6. The molecule has 1 atom stereocenters. The molecule has 0 rings (SSSR count). The Kier molecular flexibility index (Phi) is 57.3. The van der Waals surface area contributed by atoms with Crippen LogP contribution < -0.4 is 0 Å². The minimum Gasteiger partial charge on any atom is -0.462 e. The molecule has 6 nitrogen and oxygen atoms in total. The Morgan fingerprint density at radius 2 is 0.569 bits per heavy atom. The highest BCUT2D eigenvalue weighted by Gasteiger charge is 2.19. The molecule has 0 aromatic heterocycles. The Bertz CT molecular complexity index is 1380. The van der Waals surface area contributed by atoms with Crippen molar-refractivity contribution in [3.8, 4) is 0 Å². The summed E-state index contributed by atoms with van der Waals surface area (Å²) in [6.45, 7) is 6.45. The SMILES string of the molecule is CC/C=C\C/C=C\C/C=C\C/C=C\C/C=C\CCCCCC(=O)OC(COC(=O)CCCCCCC/C=C\CCC)COC(=O)CCCCCCCCCCCCCCC/C=C\CCCCCCCCCC. The van der Waals surface area contributed by atoms with E-state index in [1.165, 1.54) is 141 Å². The van der Waals surface area contributed by atoms with Crippen LogP contribution in [0.2, 0.25) is 0 Å². The Labute approximate surface area is 445 Å². The number of hydrogen-bond donors (Lipinski definition) is 0. The number of hydrogen-bond acceptors (Lipinski definition) is 6. The highest BCUT2D eigenvalue weighted by molar-refractivity contribution is 5.71. The van der Waals surface area contributed by atoms with Gasteiger partial charge in [0.25, 0.3) is 0 Å². The van der Waals surface area contributed by atoms with Gasteiger partial charge in [0.1, 0.15) is 13.2 Å². The van der Waals surface area contributed by atoms with E-state index in [4.69, 9.17) is 14.2 Å². The summed E-state index contributed by atoms with van der Waals surface area (Å²) in [7, 11) is 0. The Hall–Kier alpha value is -3.41. The Balaban J connectivity index is 4.28. The van der Waals surface area contributed by atoms with Crippen molar-refractivity contribution in [3.63, 3.8) is 0 Å². The van der Waals surface area contributed by atoms with E-state index in [1.807, 2.05) is 0 Å². The van der Waals surface area contributed by atoms with E-state index in [0.717, 1.165) is 116 Å². The molecule has 0 saturated heterocycles. The van der Waals surface area contributed by atoms with Gasteiger partial charge in [0.2, 0.25) is 0 Å². The van der Waals surface area contributed by atoms with Gasteiger partial charge in [-0.25, -0.2) is 0 Å². The van der Waals surface area contributed by atoms with Gasteiger partial charge in [-0.3, -0.25) is 14.4 Å². The van der Waals surface area contributed by atoms with Crippen LogP contribution in [-0.2, 0) is 28.6 Å². The zero-order valence-corrected chi connectivity index (χ0v) is 47.4. The van der Waals surface area contributed by atoms with Gasteiger partial charge in [-0.2, -0.15) is 0 Å². The van der Waals surface area contributed by atoms with Crippen molar-refractivity contribution < 1.29 is 28.6 Å². The van der Waals surface area contributed by atoms with Crippen LogP contribution in [0.4, 0.5) is 0 Å². The van der Waals surface area contributed by atoms with E-state index in [-0.39, 0.29) is 37.5 Å². The normalized spacial score (nSPS) is 12.7. The third-order valence-corrected chi connectivity index (χ3v) is 13.1. The molecule has 0 saturated carbocycles. The van der Waals surface area contributed by atoms with Crippen LogP contribution in [0.1, 0.15) is 297 Å². The van der Waals surface area contributed by atoms with Gasteiger partial charge in [0.15, 0.2) is 6.10 Å². The fourth-order valence-corrected chi connectivity index (χ4v) is 8.53. The number of carbonyl (C=O) groups excluding carboxylic acids is 3. The van der Waals surface area contributed by atoms with E-state index in [9.17, 15) is 14.4 Å². The van der Waals surface area contributed by atoms with Crippen LogP contribution in [0.5, 0.6) is 0 Å². The molecule has 0 amide bonds. The largest absolute Gasteiger partial charge is 0.462 e. The molecule has 6 heteroatoms. The standard InChI is InChI=1S/C66H114O6/c1-4-7-10-13-16-19-22-24-26-28-30-31-32-33-34-35-37-38-40-42-44-47-50-53-56-59-65(68)71-62-63(61-70-64(67)58-55-52-49-46-21-18-15-12-9-6-3)72-66(69)60-57-54-51-48-45-43-41-39-36-29-27-25-23-20-17-14-11-8-5-2/h8,11-12,15,17,20,25,27-28,30,36,39,43,45,63H,4-7,9-10,13-14,16,18-19,21-24,26,29,31-35,37-38,40-42,44,46-62H2,1-3H3/b11-8-,15-12-,20-17-,27-25-,30-28-,39-36-,45-43-. The van der Waals surface area contributed by atoms with Gasteiger partial charge in [-0.15, -0.1) is 0 Å². The van der Waals surface area contributed by atoms with E-state index in [1.54, 1.807) is 0 Å². The van der Waals surface area contributed by atoms with Crippen molar-refractivity contribution in [2.24, 2.45) is 0 Å². The van der Waals surface area contributed by atoms with E-state index in [0.29, 0.717) is 12.8 Å². The van der Waals surface area contributed by atoms with E-state index < -0.39 is 6.10 Å². The molecule has 0 N–H and O–H groups in total. The lowest BCUT2D eigenvalue weighted by molar-refractivity contribution is -0.167. The molecule has 0 fully saturated rings. The summed E-state index contributed by atoms with van der Waals surface area (Å²) < 4.78 is 16.8. The molecule has 414 valence electrons. The van der Waals surface area contributed by atoms with Gasteiger partial charge in [-0.05, 0) is 109 Å². The maximum atomic E-state index is 12.8. The van der Waals surface area contributed by atoms with Gasteiger partial charge in [0.05, 0.1) is 0 Å². The molecule has 0 aromatic rings. The first kappa shape index (κ1) is 68.6. The van der Waals surface area contributed by atoms with E-state index >= 15 is 0 Å². The molecular formula is C66H114O6. The third-order valence-electron chi connectivity index (χ3n) is 13.1. The number of carbonyl (C=O) groups is 3. The van der Waals surface area contributed by atoms with Gasteiger partial charge < -0.3 is 14.2 Å². The molecule has 0 aliphatic heterocycles. The maximum absolute atomic E-state index is 12.8.